The van der Waals surface area contributed by atoms with Gasteiger partial charge in [0.05, 0.1) is 0 Å². The summed E-state index contributed by atoms with van der Waals surface area (Å²) < 4.78 is 5.66. The SMILES string of the molecule is [2H]OOON=O. The van der Waals surface area contributed by atoms with Crippen molar-refractivity contribution >= 4 is 0 Å². The van der Waals surface area contributed by atoms with E-state index in [9.17, 15) is 0 Å². The Morgan fingerprint density at radius 3 is 3.20 bits per heavy atom. The quantitative estimate of drug-likeness (QED) is 0.226. The Bertz CT molecular complexity index is 36.5. The van der Waals surface area contributed by atoms with Crippen LogP contribution in [0.1, 0.15) is 0 Å². The molecule has 0 fully saturated rings. The van der Waals surface area contributed by atoms with E-state index in [-0.39, 0.29) is 0 Å². The maximum atomic E-state index is 8.80. The molecule has 0 radical (unpaired) electrons. The molecule has 0 saturated carbocycles. The molecular weight excluding hydrogens is 78.0 g/mol. The van der Waals surface area contributed by atoms with Crippen LogP contribution in [-0.2, 0) is 10.0 Å². The molecule has 0 aliphatic rings. The van der Waals surface area contributed by atoms with Crippen LogP contribution < -0.4 is 0 Å². The number of hydrogen-bond donors (Lipinski definition) is 1. The molecular formula is HNO4. The van der Waals surface area contributed by atoms with E-state index in [2.05, 4.69) is 15.3 Å². The second kappa shape index (κ2) is 3.32. The predicted molar refractivity (Wildman–Crippen MR) is 10.6 cm³/mol. The summed E-state index contributed by atoms with van der Waals surface area (Å²) in [6, 6.07) is 0. The minimum Gasteiger partial charge on any atom is -0.209 e. The lowest BCUT2D eigenvalue weighted by molar-refractivity contribution is -0.493. The van der Waals surface area contributed by atoms with Crippen LogP contribution in [0.3, 0.4) is 0 Å². The van der Waals surface area contributed by atoms with Gasteiger partial charge in [-0.15, -0.1) is 9.90 Å². The van der Waals surface area contributed by atoms with Crippen molar-refractivity contribution in [2.45, 2.75) is 0 Å². The first-order valence-electron chi connectivity index (χ1n) is 1.11. The molecule has 0 aliphatic heterocycles. The van der Waals surface area contributed by atoms with Gasteiger partial charge < -0.3 is 0 Å². The zero-order chi connectivity index (χ0) is 4.83. The summed E-state index contributed by atoms with van der Waals surface area (Å²) in [7, 11) is 0. The highest BCUT2D eigenvalue weighted by atomic mass is 17.5. The fraction of sp³-hybridized carbons (Fsp3) is 0. The minimum atomic E-state index is 1.71. The Morgan fingerprint density at radius 1 is 2.20 bits per heavy atom. The van der Waals surface area contributed by atoms with E-state index in [4.69, 9.17) is 6.34 Å². The van der Waals surface area contributed by atoms with Crippen molar-refractivity contribution in [1.82, 2.24) is 0 Å². The highest BCUT2D eigenvalue weighted by molar-refractivity contribution is 3.86. The zero-order valence-electron chi connectivity index (χ0n) is 3.08. The summed E-state index contributed by atoms with van der Waals surface area (Å²) in [6.45, 7) is 0. The van der Waals surface area contributed by atoms with E-state index in [1.54, 1.807) is 5.34 Å². The molecule has 5 heavy (non-hydrogen) atoms. The third-order valence-corrected chi connectivity index (χ3v) is 0.0609. The van der Waals surface area contributed by atoms with Gasteiger partial charge in [0.2, 0.25) is 0 Å². The van der Waals surface area contributed by atoms with E-state index >= 15 is 0 Å². The van der Waals surface area contributed by atoms with Crippen molar-refractivity contribution in [2.24, 2.45) is 5.34 Å². The molecule has 0 rings (SSSR count). The van der Waals surface area contributed by atoms with Gasteiger partial charge in [-0.25, -0.2) is 5.26 Å². The van der Waals surface area contributed by atoms with Gasteiger partial charge in [0, 0.05) is 5.04 Å². The maximum absolute atomic E-state index is 8.80. The largest absolute Gasteiger partial charge is 0.259 e. The van der Waals surface area contributed by atoms with Crippen molar-refractivity contribution in [2.75, 3.05) is 0 Å². The Balaban J connectivity index is 2.49. The first-order chi connectivity index (χ1) is 2.91. The van der Waals surface area contributed by atoms with Crippen molar-refractivity contribution in [1.29, 1.82) is 1.43 Å². The van der Waals surface area contributed by atoms with Crippen LogP contribution in [0.5, 0.6) is 0 Å². The average Bonchev–Trinajstić information content (AvgIpc) is 1.61. The molecule has 0 aliphatic carbocycles. The van der Waals surface area contributed by atoms with Crippen LogP contribution >= 0.6 is 0 Å². The molecule has 0 heterocycles. The van der Waals surface area contributed by atoms with Gasteiger partial charge in [-0.05, 0) is 0 Å². The van der Waals surface area contributed by atoms with Crippen LogP contribution in [0, 0.1) is 4.91 Å². The van der Waals surface area contributed by atoms with Gasteiger partial charge in [0.15, 0.2) is 5.34 Å². The van der Waals surface area contributed by atoms with Crippen LogP contribution in [-0.4, -0.2) is 5.26 Å². The summed E-state index contributed by atoms with van der Waals surface area (Å²) in [5, 5.41) is 7.89. The van der Waals surface area contributed by atoms with Crippen LogP contribution in [0.15, 0.2) is 5.34 Å². The Kier molecular flexibility index (Phi) is 1.69. The molecule has 0 atom stereocenters. The molecule has 0 saturated heterocycles. The fourth-order valence-corrected chi connectivity index (χ4v) is 0.0124. The lowest BCUT2D eigenvalue weighted by Crippen LogP contribution is -1.72. The second-order valence-electron chi connectivity index (χ2n) is 0.217. The summed E-state index contributed by atoms with van der Waals surface area (Å²) in [5.41, 5.74) is 0. The highest BCUT2D eigenvalue weighted by Crippen LogP contribution is 1.64. The van der Waals surface area contributed by atoms with E-state index in [1.807, 2.05) is 0 Å². The maximum Gasteiger partial charge on any atom is 0.259 e. The highest BCUT2D eigenvalue weighted by Gasteiger charge is 1.64. The predicted octanol–water partition coefficient (Wildman–Crippen LogP) is 0.0890. The molecule has 5 nitrogen and oxygen atoms in total. The Morgan fingerprint density at radius 2 is 3.00 bits per heavy atom. The lowest BCUT2D eigenvalue weighted by atomic mass is 13.4. The average molecular weight is 80.0 g/mol. The van der Waals surface area contributed by atoms with Crippen LogP contribution in [0.2, 0.25) is 0 Å². The van der Waals surface area contributed by atoms with Crippen LogP contribution in [0.25, 0.3) is 1.43 Å². The molecule has 0 amide bonds. The van der Waals surface area contributed by atoms with E-state index in [0.29, 0.717) is 0 Å². The summed E-state index contributed by atoms with van der Waals surface area (Å²) in [4.78, 5) is 11.9. The van der Waals surface area contributed by atoms with Crippen molar-refractivity contribution < 1.29 is 15.3 Å². The summed E-state index contributed by atoms with van der Waals surface area (Å²) in [6.07, 6.45) is 0. The smallest absolute Gasteiger partial charge is 0.209 e. The Labute approximate surface area is 28.4 Å². The third kappa shape index (κ3) is 3.32. The molecule has 30 valence electrons. The van der Waals surface area contributed by atoms with Crippen molar-refractivity contribution in [3.63, 3.8) is 0 Å². The van der Waals surface area contributed by atoms with Gasteiger partial charge in [-0.3, -0.25) is 0 Å². The van der Waals surface area contributed by atoms with Crippen molar-refractivity contribution in [3.05, 3.63) is 4.91 Å². The van der Waals surface area contributed by atoms with Gasteiger partial charge in [-0.2, -0.15) is 0 Å². The van der Waals surface area contributed by atoms with Gasteiger partial charge in [0.1, 0.15) is 0 Å². The number of nitrogens with zero attached hydrogens (tertiary/aromatic N) is 1. The monoisotopic (exact) mass is 80.0 g/mol. The van der Waals surface area contributed by atoms with E-state index in [1.165, 1.54) is 0 Å². The first-order valence-corrected chi connectivity index (χ1v) is 0.698. The topological polar surface area (TPSA) is 68.1 Å². The molecule has 0 unspecified atom stereocenters. The summed E-state index contributed by atoms with van der Waals surface area (Å²) in [5.74, 6) is 0. The number of rotatable bonds is 3. The summed E-state index contributed by atoms with van der Waals surface area (Å²) >= 11 is 0. The molecule has 5 heteroatoms. The first kappa shape index (κ1) is 2.55. The molecule has 0 aromatic heterocycles. The van der Waals surface area contributed by atoms with Crippen LogP contribution in [0.4, 0.5) is 0 Å². The van der Waals surface area contributed by atoms with E-state index in [0.717, 1.165) is 0 Å². The third-order valence-electron chi connectivity index (χ3n) is 0.0609. The molecule has 1 N–H and O–H groups in total. The fourth-order valence-electron chi connectivity index (χ4n) is 0.0124. The normalized spacial score (nSPS) is 9.20. The Hall–Kier alpha value is -0.680. The number of hydrogen-bond acceptors (Lipinski definition) is 5. The molecule has 0 bridgehead atoms. The van der Waals surface area contributed by atoms with E-state index < -0.39 is 0 Å². The minimum absolute atomic E-state index is 1.71. The van der Waals surface area contributed by atoms with Crippen molar-refractivity contribution in [3.8, 4) is 0 Å². The molecule has 0 aromatic carbocycles. The molecule has 0 spiro atoms. The molecule has 0 aromatic rings. The van der Waals surface area contributed by atoms with Gasteiger partial charge in [0.25, 0.3) is 1.43 Å². The zero-order valence-corrected chi connectivity index (χ0v) is 2.08. The van der Waals surface area contributed by atoms with Gasteiger partial charge in [-0.1, -0.05) is 0 Å². The van der Waals surface area contributed by atoms with Gasteiger partial charge >= 0.3 is 0 Å². The second-order valence-corrected chi connectivity index (χ2v) is 0.217. The lowest BCUT2D eigenvalue weighted by Gasteiger charge is -1.72. The standard InChI is InChI=1S/HNO4/c2-1-4-5-3/h3H/i/hD.